The van der Waals surface area contributed by atoms with E-state index in [4.69, 9.17) is 9.15 Å². The summed E-state index contributed by atoms with van der Waals surface area (Å²) >= 11 is 0. The maximum Gasteiger partial charge on any atom is 0.122 e. The Hall–Kier alpha value is -0.840. The van der Waals surface area contributed by atoms with Gasteiger partial charge in [-0.1, -0.05) is 13.8 Å². The minimum atomic E-state index is 0.381. The van der Waals surface area contributed by atoms with Crippen molar-refractivity contribution >= 4 is 0 Å². The summed E-state index contributed by atoms with van der Waals surface area (Å²) in [7, 11) is 3.82. The number of furan rings is 1. The van der Waals surface area contributed by atoms with Gasteiger partial charge in [0.15, 0.2) is 0 Å². The second kappa shape index (κ2) is 7.56. The maximum absolute atomic E-state index is 5.57. The highest BCUT2D eigenvalue weighted by atomic mass is 16.5. The molecular weight excluding hydrogens is 228 g/mol. The van der Waals surface area contributed by atoms with E-state index in [1.807, 2.05) is 6.07 Å². The fraction of sp³-hybridized carbons (Fsp3) is 0.714. The first-order chi connectivity index (χ1) is 8.54. The van der Waals surface area contributed by atoms with Crippen LogP contribution >= 0.6 is 0 Å². The number of nitrogens with zero attached hydrogens (tertiary/aromatic N) is 1. The molecule has 1 heterocycles. The van der Waals surface area contributed by atoms with Crippen LogP contribution in [0.1, 0.15) is 32.1 Å². The Morgan fingerprint density at radius 1 is 1.39 bits per heavy atom. The normalized spacial score (nSPS) is 13.5. The van der Waals surface area contributed by atoms with Crippen LogP contribution in [0.3, 0.4) is 0 Å². The Bertz CT molecular complexity index is 336. The maximum atomic E-state index is 5.57. The summed E-state index contributed by atoms with van der Waals surface area (Å²) in [6.45, 7) is 8.84. The zero-order valence-electron chi connectivity index (χ0n) is 12.2. The number of methoxy groups -OCH3 is 1. The number of hydrogen-bond acceptors (Lipinski definition) is 4. The van der Waals surface area contributed by atoms with Crippen molar-refractivity contribution in [3.8, 4) is 0 Å². The fourth-order valence-electron chi connectivity index (χ4n) is 1.73. The molecule has 1 unspecified atom stereocenters. The second-order valence-electron chi connectivity index (χ2n) is 5.12. The first-order valence-corrected chi connectivity index (χ1v) is 6.52. The van der Waals surface area contributed by atoms with E-state index in [1.54, 1.807) is 13.4 Å². The van der Waals surface area contributed by atoms with Crippen LogP contribution in [0.25, 0.3) is 0 Å². The van der Waals surface area contributed by atoms with Crippen molar-refractivity contribution in [2.24, 2.45) is 0 Å². The predicted octanol–water partition coefficient (Wildman–Crippen LogP) is 2.24. The van der Waals surface area contributed by atoms with Gasteiger partial charge in [-0.15, -0.1) is 0 Å². The Labute approximate surface area is 110 Å². The van der Waals surface area contributed by atoms with Crippen LogP contribution < -0.4 is 5.32 Å². The van der Waals surface area contributed by atoms with Crippen molar-refractivity contribution in [3.63, 3.8) is 0 Å². The van der Waals surface area contributed by atoms with Gasteiger partial charge in [-0.25, -0.2) is 0 Å². The highest BCUT2D eigenvalue weighted by molar-refractivity contribution is 5.16. The smallest absolute Gasteiger partial charge is 0.122 e. The van der Waals surface area contributed by atoms with Gasteiger partial charge in [0.05, 0.1) is 19.4 Å². The lowest BCUT2D eigenvalue weighted by Crippen LogP contribution is -2.32. The molecule has 1 rings (SSSR count). The molecule has 0 aliphatic rings. The van der Waals surface area contributed by atoms with Gasteiger partial charge in [0.2, 0.25) is 0 Å². The van der Waals surface area contributed by atoms with E-state index in [-0.39, 0.29) is 0 Å². The first kappa shape index (κ1) is 15.2. The summed E-state index contributed by atoms with van der Waals surface area (Å²) in [5.41, 5.74) is 1.24. The third-order valence-corrected chi connectivity index (χ3v) is 3.09. The molecule has 0 aromatic carbocycles. The van der Waals surface area contributed by atoms with Crippen LogP contribution in [0.15, 0.2) is 16.7 Å². The summed E-state index contributed by atoms with van der Waals surface area (Å²) in [5.74, 6) is 1.04. The van der Waals surface area contributed by atoms with Gasteiger partial charge in [-0.3, -0.25) is 4.90 Å². The van der Waals surface area contributed by atoms with Crippen LogP contribution in [0.2, 0.25) is 0 Å². The molecule has 0 fully saturated rings. The molecule has 0 amide bonds. The summed E-state index contributed by atoms with van der Waals surface area (Å²) in [6, 6.07) is 2.91. The van der Waals surface area contributed by atoms with Crippen molar-refractivity contribution < 1.29 is 9.15 Å². The Balaban J connectivity index is 2.53. The van der Waals surface area contributed by atoms with Gasteiger partial charge in [-0.2, -0.15) is 0 Å². The summed E-state index contributed by atoms with van der Waals surface area (Å²) in [4.78, 5) is 2.24. The molecule has 0 bridgehead atoms. The molecule has 1 N–H and O–H groups in total. The summed E-state index contributed by atoms with van der Waals surface area (Å²) in [5, 5.41) is 3.41. The van der Waals surface area contributed by atoms with Crippen molar-refractivity contribution in [1.29, 1.82) is 0 Å². The lowest BCUT2D eigenvalue weighted by molar-refractivity contribution is 0.107. The Morgan fingerprint density at radius 2 is 2.11 bits per heavy atom. The molecule has 1 atom stereocenters. The highest BCUT2D eigenvalue weighted by Crippen LogP contribution is 2.14. The molecule has 0 aliphatic heterocycles. The van der Waals surface area contributed by atoms with Crippen LogP contribution in [0.5, 0.6) is 0 Å². The number of nitrogens with one attached hydrogen (secondary N) is 1. The monoisotopic (exact) mass is 254 g/mol. The van der Waals surface area contributed by atoms with Crippen LogP contribution in [-0.2, 0) is 17.8 Å². The van der Waals surface area contributed by atoms with E-state index in [9.17, 15) is 0 Å². The third kappa shape index (κ3) is 4.80. The molecule has 0 saturated heterocycles. The van der Waals surface area contributed by atoms with E-state index < -0.39 is 0 Å². The third-order valence-electron chi connectivity index (χ3n) is 3.09. The topological polar surface area (TPSA) is 37.6 Å². The van der Waals surface area contributed by atoms with Gasteiger partial charge < -0.3 is 14.5 Å². The van der Waals surface area contributed by atoms with Gasteiger partial charge in [0.25, 0.3) is 0 Å². The van der Waals surface area contributed by atoms with Crippen molar-refractivity contribution in [2.45, 2.75) is 45.9 Å². The van der Waals surface area contributed by atoms with Crippen LogP contribution in [-0.4, -0.2) is 37.7 Å². The minimum Gasteiger partial charge on any atom is -0.468 e. The minimum absolute atomic E-state index is 0.381. The SMILES string of the molecule is COCC(C)N(C)Cc1occc1CNC(C)C. The molecule has 1 aromatic heterocycles. The van der Waals surface area contributed by atoms with E-state index >= 15 is 0 Å². The molecule has 4 heteroatoms. The number of ether oxygens (including phenoxy) is 1. The molecule has 0 spiro atoms. The molecule has 104 valence electrons. The average molecular weight is 254 g/mol. The zero-order valence-corrected chi connectivity index (χ0v) is 12.2. The van der Waals surface area contributed by atoms with Crippen LogP contribution in [0.4, 0.5) is 0 Å². The molecule has 0 aliphatic carbocycles. The largest absolute Gasteiger partial charge is 0.468 e. The highest BCUT2D eigenvalue weighted by Gasteiger charge is 2.14. The fourth-order valence-corrected chi connectivity index (χ4v) is 1.73. The van der Waals surface area contributed by atoms with Gasteiger partial charge >= 0.3 is 0 Å². The Kier molecular flexibility index (Phi) is 6.39. The first-order valence-electron chi connectivity index (χ1n) is 6.52. The van der Waals surface area contributed by atoms with Gasteiger partial charge in [0, 0.05) is 31.3 Å². The number of hydrogen-bond donors (Lipinski definition) is 1. The average Bonchev–Trinajstić information content (AvgIpc) is 2.74. The second-order valence-corrected chi connectivity index (χ2v) is 5.12. The molecule has 0 radical (unpaired) electrons. The lowest BCUT2D eigenvalue weighted by atomic mass is 10.2. The quantitative estimate of drug-likeness (QED) is 0.772. The summed E-state index contributed by atoms with van der Waals surface area (Å²) in [6.07, 6.45) is 1.77. The van der Waals surface area contributed by atoms with Crippen molar-refractivity contribution in [1.82, 2.24) is 10.2 Å². The van der Waals surface area contributed by atoms with Crippen LogP contribution in [0, 0.1) is 0 Å². The van der Waals surface area contributed by atoms with Gasteiger partial charge in [-0.05, 0) is 20.0 Å². The molecule has 0 saturated carbocycles. The van der Waals surface area contributed by atoms with Crippen molar-refractivity contribution in [2.75, 3.05) is 20.8 Å². The zero-order chi connectivity index (χ0) is 13.5. The molecule has 1 aromatic rings. The predicted molar refractivity (Wildman–Crippen MR) is 73.5 cm³/mol. The van der Waals surface area contributed by atoms with E-state index in [1.165, 1.54) is 5.56 Å². The number of likely N-dealkylation sites (N-methyl/N-ethyl adjacent to an activating group) is 1. The van der Waals surface area contributed by atoms with Gasteiger partial charge in [0.1, 0.15) is 5.76 Å². The Morgan fingerprint density at radius 3 is 2.72 bits per heavy atom. The molecular formula is C14H26N2O2. The van der Waals surface area contributed by atoms with E-state index in [2.05, 4.69) is 38.0 Å². The number of rotatable bonds is 8. The molecule has 4 nitrogen and oxygen atoms in total. The lowest BCUT2D eigenvalue weighted by Gasteiger charge is -2.23. The summed E-state index contributed by atoms with van der Waals surface area (Å²) < 4.78 is 10.7. The van der Waals surface area contributed by atoms with E-state index in [0.717, 1.165) is 25.5 Å². The standard InChI is InChI=1S/C14H26N2O2/c1-11(2)15-8-13-6-7-18-14(13)9-16(4)12(3)10-17-5/h6-7,11-12,15H,8-10H2,1-5H3. The van der Waals surface area contributed by atoms with E-state index in [0.29, 0.717) is 12.1 Å². The molecule has 18 heavy (non-hydrogen) atoms. The van der Waals surface area contributed by atoms with Crippen molar-refractivity contribution in [3.05, 3.63) is 23.7 Å².